The third-order valence-corrected chi connectivity index (χ3v) is 8.12. The van der Waals surface area contributed by atoms with Crippen LogP contribution in [0.2, 0.25) is 5.02 Å². The van der Waals surface area contributed by atoms with E-state index in [1.165, 1.54) is 6.07 Å². The molecule has 2 aliphatic rings. The number of hydrogen-bond donors (Lipinski definition) is 1. The van der Waals surface area contributed by atoms with Gasteiger partial charge in [-0.3, -0.25) is 0 Å². The first-order chi connectivity index (χ1) is 20.3. The molecule has 0 aliphatic carbocycles. The van der Waals surface area contributed by atoms with Crippen LogP contribution >= 0.6 is 11.6 Å². The van der Waals surface area contributed by atoms with Gasteiger partial charge < -0.3 is 23.9 Å². The van der Waals surface area contributed by atoms with E-state index >= 15 is 0 Å². The summed E-state index contributed by atoms with van der Waals surface area (Å²) in [7, 11) is 0. The second-order valence-electron chi connectivity index (χ2n) is 10.7. The second-order valence-corrected chi connectivity index (χ2v) is 11.1. The van der Waals surface area contributed by atoms with Gasteiger partial charge in [0.1, 0.15) is 11.6 Å². The van der Waals surface area contributed by atoms with E-state index in [0.717, 1.165) is 46.6 Å². The molecule has 0 spiro atoms. The van der Waals surface area contributed by atoms with Crippen molar-refractivity contribution in [1.29, 1.82) is 0 Å². The predicted octanol–water partition coefficient (Wildman–Crippen LogP) is 7.22. The fraction of sp³-hybridized carbons (Fsp3) is 0.212. The number of halogens is 2. The Morgan fingerprint density at radius 1 is 1.10 bits per heavy atom. The van der Waals surface area contributed by atoms with Gasteiger partial charge in [0.2, 0.25) is 0 Å². The number of benzene rings is 4. The predicted molar refractivity (Wildman–Crippen MR) is 156 cm³/mol. The number of fused-ring (bicyclic) bond motifs is 2. The highest BCUT2D eigenvalue weighted by molar-refractivity contribution is 6.30. The van der Waals surface area contributed by atoms with Gasteiger partial charge in [0.25, 0.3) is 5.79 Å². The lowest BCUT2D eigenvalue weighted by molar-refractivity contribution is -0.0705. The largest absolute Gasteiger partial charge is 0.478 e. The molecule has 0 radical (unpaired) electrons. The molecule has 0 amide bonds. The minimum absolute atomic E-state index is 0.0893. The Morgan fingerprint density at radius 3 is 2.62 bits per heavy atom. The summed E-state index contributed by atoms with van der Waals surface area (Å²) in [5.41, 5.74) is 4.81. The van der Waals surface area contributed by atoms with Gasteiger partial charge >= 0.3 is 5.97 Å². The zero-order valence-corrected chi connectivity index (χ0v) is 23.4. The molecule has 3 heterocycles. The van der Waals surface area contributed by atoms with Gasteiger partial charge in [-0.2, -0.15) is 0 Å². The van der Waals surface area contributed by atoms with E-state index in [0.29, 0.717) is 29.5 Å². The van der Waals surface area contributed by atoms with E-state index < -0.39 is 17.6 Å². The highest BCUT2D eigenvalue weighted by Gasteiger charge is 2.42. The summed E-state index contributed by atoms with van der Waals surface area (Å²) < 4.78 is 34.9. The lowest BCUT2D eigenvalue weighted by Gasteiger charge is -2.27. The highest BCUT2D eigenvalue weighted by Crippen LogP contribution is 2.49. The third kappa shape index (κ3) is 4.66. The van der Waals surface area contributed by atoms with Crippen molar-refractivity contribution in [2.45, 2.75) is 38.2 Å². The number of carbonyl (C=O) groups is 1. The summed E-state index contributed by atoms with van der Waals surface area (Å²) in [4.78, 5) is 16.4. The van der Waals surface area contributed by atoms with Crippen molar-refractivity contribution in [1.82, 2.24) is 9.55 Å². The SMILES string of the molecule is C[C@@]1(c2ccc(Cl)cc2F)Oc2cccc(-c3ccc(Cc4nc5ccc(C(=O)O)cc5n4C[C@@H]4CCO4)cc3)c2O1. The maximum atomic E-state index is 14.8. The average molecular weight is 585 g/mol. The van der Waals surface area contributed by atoms with E-state index in [2.05, 4.69) is 4.57 Å². The van der Waals surface area contributed by atoms with Crippen LogP contribution in [-0.2, 0) is 23.5 Å². The van der Waals surface area contributed by atoms with Crippen LogP contribution in [0, 0.1) is 5.82 Å². The Bertz CT molecular complexity index is 1850. The molecule has 7 nitrogen and oxygen atoms in total. The van der Waals surface area contributed by atoms with Crippen LogP contribution in [0.25, 0.3) is 22.2 Å². The van der Waals surface area contributed by atoms with Gasteiger partial charge in [-0.15, -0.1) is 0 Å². The summed E-state index contributed by atoms with van der Waals surface area (Å²) in [6.45, 7) is 3.04. The number of aromatic carboxylic acids is 1. The van der Waals surface area contributed by atoms with Gasteiger partial charge in [0, 0.05) is 30.5 Å². The van der Waals surface area contributed by atoms with E-state index in [1.54, 1.807) is 43.3 Å². The van der Waals surface area contributed by atoms with Gasteiger partial charge in [-0.05, 0) is 60.0 Å². The molecule has 1 aromatic heterocycles. The van der Waals surface area contributed by atoms with Crippen molar-refractivity contribution in [3.05, 3.63) is 112 Å². The Hall–Kier alpha value is -4.40. The van der Waals surface area contributed by atoms with Crippen LogP contribution in [0.15, 0.2) is 78.9 Å². The smallest absolute Gasteiger partial charge is 0.335 e. The van der Waals surface area contributed by atoms with Gasteiger partial charge in [-0.1, -0.05) is 48.0 Å². The zero-order valence-electron chi connectivity index (χ0n) is 22.6. The van der Waals surface area contributed by atoms with E-state index in [4.69, 9.17) is 30.8 Å². The van der Waals surface area contributed by atoms with Crippen molar-refractivity contribution in [3.8, 4) is 22.6 Å². The molecule has 4 aromatic carbocycles. The Balaban J connectivity index is 1.17. The summed E-state index contributed by atoms with van der Waals surface area (Å²) in [5, 5.41) is 9.81. The average Bonchev–Trinajstić information content (AvgIpc) is 3.47. The number of rotatable bonds is 7. The first-order valence-corrected chi connectivity index (χ1v) is 14.1. The fourth-order valence-corrected chi connectivity index (χ4v) is 5.74. The molecular formula is C33H26ClFN2O5. The summed E-state index contributed by atoms with van der Waals surface area (Å²) in [6, 6.07) is 23.2. The van der Waals surface area contributed by atoms with Crippen LogP contribution in [0.3, 0.4) is 0 Å². The van der Waals surface area contributed by atoms with E-state index in [9.17, 15) is 14.3 Å². The molecule has 1 fully saturated rings. The van der Waals surface area contributed by atoms with Crippen LogP contribution in [0.1, 0.15) is 40.7 Å². The van der Waals surface area contributed by atoms with Gasteiger partial charge in [-0.25, -0.2) is 14.2 Å². The highest BCUT2D eigenvalue weighted by atomic mass is 35.5. The molecular weight excluding hydrogens is 559 g/mol. The second kappa shape index (κ2) is 10.2. The standard InChI is InChI=1S/C33H26ClFN2O5/c1-33(25-11-10-22(34)17-26(25)35)41-29-4-2-3-24(31(29)42-33)20-7-5-19(6-8-20)15-30-36-27-12-9-21(32(38)39)16-28(27)37(30)18-23-13-14-40-23/h2-12,16-17,23H,13-15,18H2,1H3,(H,38,39)/t23-,33+/m0/s1. The Kier molecular flexibility index (Phi) is 6.40. The van der Waals surface area contributed by atoms with Gasteiger partial charge in [0.05, 0.1) is 34.8 Å². The minimum atomic E-state index is -1.34. The van der Waals surface area contributed by atoms with Gasteiger partial charge in [0.15, 0.2) is 11.5 Å². The maximum Gasteiger partial charge on any atom is 0.335 e. The van der Waals surface area contributed by atoms with Crippen LogP contribution < -0.4 is 9.47 Å². The number of carboxylic acids is 1. The number of imidazole rings is 1. The topological polar surface area (TPSA) is 82.8 Å². The summed E-state index contributed by atoms with van der Waals surface area (Å²) in [6.07, 6.45) is 1.61. The molecule has 0 saturated carbocycles. The number of para-hydroxylation sites is 1. The molecule has 212 valence electrons. The number of aromatic nitrogens is 2. The van der Waals surface area contributed by atoms with E-state index in [-0.39, 0.29) is 17.2 Å². The number of carboxylic acid groups (broad SMARTS) is 1. The lowest BCUT2D eigenvalue weighted by atomic mass is 10.0. The number of nitrogens with zero attached hydrogens (tertiary/aromatic N) is 2. The molecule has 9 heteroatoms. The molecule has 0 bridgehead atoms. The van der Waals surface area contributed by atoms with Crippen LogP contribution in [0.4, 0.5) is 4.39 Å². The Labute approximate surface area is 246 Å². The van der Waals surface area contributed by atoms with E-state index in [1.807, 2.05) is 36.4 Å². The van der Waals surface area contributed by atoms with Crippen molar-refractivity contribution in [2.75, 3.05) is 6.61 Å². The van der Waals surface area contributed by atoms with Crippen molar-refractivity contribution in [3.63, 3.8) is 0 Å². The normalized spacial score (nSPS) is 19.2. The summed E-state index contributed by atoms with van der Waals surface area (Å²) >= 11 is 5.95. The first-order valence-electron chi connectivity index (χ1n) is 13.7. The molecule has 42 heavy (non-hydrogen) atoms. The fourth-order valence-electron chi connectivity index (χ4n) is 5.58. The lowest BCUT2D eigenvalue weighted by Crippen LogP contribution is -2.32. The number of ether oxygens (including phenoxy) is 3. The quantitative estimate of drug-likeness (QED) is 0.217. The van der Waals surface area contributed by atoms with Crippen LogP contribution in [-0.4, -0.2) is 33.3 Å². The number of hydrogen-bond acceptors (Lipinski definition) is 5. The molecule has 2 atom stereocenters. The van der Waals surface area contributed by atoms with Crippen molar-refractivity contribution in [2.24, 2.45) is 0 Å². The molecule has 0 unspecified atom stereocenters. The molecule has 7 rings (SSSR count). The maximum absolute atomic E-state index is 14.8. The summed E-state index contributed by atoms with van der Waals surface area (Å²) in [5.74, 6) is -0.898. The molecule has 5 aromatic rings. The zero-order chi connectivity index (χ0) is 29.0. The third-order valence-electron chi connectivity index (χ3n) is 7.88. The minimum Gasteiger partial charge on any atom is -0.478 e. The Morgan fingerprint density at radius 2 is 1.90 bits per heavy atom. The van der Waals surface area contributed by atoms with Crippen LogP contribution in [0.5, 0.6) is 11.5 Å². The monoisotopic (exact) mass is 584 g/mol. The van der Waals surface area contributed by atoms with Crippen molar-refractivity contribution >= 4 is 28.6 Å². The molecule has 2 aliphatic heterocycles. The van der Waals surface area contributed by atoms with Crippen molar-refractivity contribution < 1.29 is 28.5 Å². The first kappa shape index (κ1) is 26.5. The molecule has 1 N–H and O–H groups in total. The molecule has 1 saturated heterocycles.